The van der Waals surface area contributed by atoms with Crippen LogP contribution in [0.1, 0.15) is 21.5 Å². The average molecular weight is 299 g/mol. The summed E-state index contributed by atoms with van der Waals surface area (Å²) in [6.45, 7) is 3.79. The minimum absolute atomic E-state index is 0.00610. The first-order valence-corrected chi connectivity index (χ1v) is 7.67. The maximum absolute atomic E-state index is 12.4. The van der Waals surface area contributed by atoms with Crippen molar-refractivity contribution in [3.8, 4) is 0 Å². The lowest BCUT2D eigenvalue weighted by Gasteiger charge is -2.37. The van der Waals surface area contributed by atoms with Gasteiger partial charge in [0.15, 0.2) is 0 Å². The maximum atomic E-state index is 12.4. The largest absolute Gasteiger partial charge is 0.478 e. The molecular formula is C13H17NO5S. The fourth-order valence-corrected chi connectivity index (χ4v) is 4.14. The lowest BCUT2D eigenvalue weighted by molar-refractivity contribution is 0.0696. The lowest BCUT2D eigenvalue weighted by Crippen LogP contribution is -2.51. The van der Waals surface area contributed by atoms with E-state index in [1.807, 2.05) is 0 Å². The van der Waals surface area contributed by atoms with Gasteiger partial charge in [0.05, 0.1) is 10.5 Å². The second-order valence-corrected chi connectivity index (χ2v) is 7.01. The van der Waals surface area contributed by atoms with E-state index in [2.05, 4.69) is 0 Å². The molecule has 20 heavy (non-hydrogen) atoms. The van der Waals surface area contributed by atoms with Gasteiger partial charge in [-0.2, -0.15) is 4.31 Å². The molecule has 1 aliphatic heterocycles. The van der Waals surface area contributed by atoms with Crippen LogP contribution in [-0.4, -0.2) is 48.6 Å². The highest BCUT2D eigenvalue weighted by Gasteiger charge is 2.37. The van der Waals surface area contributed by atoms with Crippen molar-refractivity contribution in [1.82, 2.24) is 4.31 Å². The Balaban J connectivity index is 2.42. The second kappa shape index (κ2) is 5.16. The van der Waals surface area contributed by atoms with E-state index in [9.17, 15) is 13.2 Å². The molecule has 0 bridgehead atoms. The Kier molecular flexibility index (Phi) is 3.86. The Morgan fingerprint density at radius 2 is 1.90 bits per heavy atom. The Hall–Kier alpha value is -1.44. The Bertz CT molecular complexity index is 647. The van der Waals surface area contributed by atoms with Gasteiger partial charge in [0.1, 0.15) is 0 Å². The molecule has 0 aromatic heterocycles. The fraction of sp³-hybridized carbons (Fsp3) is 0.462. The summed E-state index contributed by atoms with van der Waals surface area (Å²) in [6, 6.07) is 2.79. The number of sulfonamides is 1. The van der Waals surface area contributed by atoms with Gasteiger partial charge in [0.2, 0.25) is 10.0 Å². The number of carbonyl (C=O) groups is 1. The summed E-state index contributed by atoms with van der Waals surface area (Å²) >= 11 is 0. The van der Waals surface area contributed by atoms with E-state index >= 15 is 0 Å². The van der Waals surface area contributed by atoms with Crippen molar-refractivity contribution in [2.24, 2.45) is 5.92 Å². The molecule has 1 aliphatic rings. The summed E-state index contributed by atoms with van der Waals surface area (Å²) in [5.41, 5.74) is 1.05. The quantitative estimate of drug-likeness (QED) is 0.849. The highest BCUT2D eigenvalue weighted by Crippen LogP contribution is 2.28. The highest BCUT2D eigenvalue weighted by molar-refractivity contribution is 7.89. The molecule has 2 N–H and O–H groups in total. The number of carboxylic acids is 1. The normalized spacial score (nSPS) is 16.9. The molecule has 0 radical (unpaired) electrons. The van der Waals surface area contributed by atoms with Gasteiger partial charge < -0.3 is 10.2 Å². The van der Waals surface area contributed by atoms with E-state index in [-0.39, 0.29) is 36.1 Å². The van der Waals surface area contributed by atoms with Gasteiger partial charge in [-0.25, -0.2) is 13.2 Å². The number of hydrogen-bond acceptors (Lipinski definition) is 4. The van der Waals surface area contributed by atoms with Crippen LogP contribution >= 0.6 is 0 Å². The van der Waals surface area contributed by atoms with Crippen LogP contribution in [0.2, 0.25) is 0 Å². The summed E-state index contributed by atoms with van der Waals surface area (Å²) in [7, 11) is -3.69. The molecule has 0 spiro atoms. The van der Waals surface area contributed by atoms with Gasteiger partial charge in [-0.3, -0.25) is 0 Å². The topological polar surface area (TPSA) is 94.9 Å². The first-order chi connectivity index (χ1) is 9.27. The standard InChI is InChI=1S/C13H17NO5S/c1-8-3-9(2)12(4-11(8)13(16)17)20(18,19)14-5-10(6-14)7-15/h3-4,10,15H,5-7H2,1-2H3,(H,16,17). The van der Waals surface area contributed by atoms with Gasteiger partial charge in [-0.1, -0.05) is 6.07 Å². The smallest absolute Gasteiger partial charge is 0.335 e. The van der Waals surface area contributed by atoms with Crippen LogP contribution in [0, 0.1) is 19.8 Å². The molecule has 2 rings (SSSR count). The predicted molar refractivity (Wildman–Crippen MR) is 72.2 cm³/mol. The molecule has 1 fully saturated rings. The van der Waals surface area contributed by atoms with E-state index in [4.69, 9.17) is 10.2 Å². The van der Waals surface area contributed by atoms with Crippen molar-refractivity contribution < 1.29 is 23.4 Å². The number of carboxylic acid groups (broad SMARTS) is 1. The van der Waals surface area contributed by atoms with Crippen molar-refractivity contribution in [2.75, 3.05) is 19.7 Å². The number of aliphatic hydroxyl groups excluding tert-OH is 1. The molecule has 0 saturated carbocycles. The van der Waals surface area contributed by atoms with E-state index in [1.54, 1.807) is 19.9 Å². The summed E-state index contributed by atoms with van der Waals surface area (Å²) in [4.78, 5) is 11.1. The number of rotatable bonds is 4. The number of aromatic carboxylic acids is 1. The predicted octanol–water partition coefficient (Wildman–Crippen LogP) is 0.614. The van der Waals surface area contributed by atoms with Crippen LogP contribution in [0.25, 0.3) is 0 Å². The maximum Gasteiger partial charge on any atom is 0.335 e. The number of hydrogen-bond donors (Lipinski definition) is 2. The molecular weight excluding hydrogens is 282 g/mol. The molecule has 1 saturated heterocycles. The number of aryl methyl sites for hydroxylation is 2. The van der Waals surface area contributed by atoms with Crippen molar-refractivity contribution in [3.05, 3.63) is 28.8 Å². The van der Waals surface area contributed by atoms with Crippen molar-refractivity contribution in [1.29, 1.82) is 0 Å². The van der Waals surface area contributed by atoms with Crippen LogP contribution < -0.4 is 0 Å². The lowest BCUT2D eigenvalue weighted by atomic mass is 10.1. The minimum Gasteiger partial charge on any atom is -0.478 e. The average Bonchev–Trinajstić information content (AvgIpc) is 2.25. The Labute approximate surface area is 117 Å². The van der Waals surface area contributed by atoms with E-state index < -0.39 is 16.0 Å². The number of benzene rings is 1. The van der Waals surface area contributed by atoms with Crippen LogP contribution in [0.4, 0.5) is 0 Å². The first-order valence-electron chi connectivity index (χ1n) is 6.23. The molecule has 1 aromatic carbocycles. The number of aliphatic hydroxyl groups is 1. The summed E-state index contributed by atoms with van der Waals surface area (Å²) in [5.74, 6) is -1.18. The molecule has 0 unspecified atom stereocenters. The third kappa shape index (κ3) is 2.44. The Morgan fingerprint density at radius 3 is 2.40 bits per heavy atom. The molecule has 0 amide bonds. The van der Waals surface area contributed by atoms with E-state index in [1.165, 1.54) is 10.4 Å². The molecule has 7 heteroatoms. The number of nitrogens with zero attached hydrogens (tertiary/aromatic N) is 1. The van der Waals surface area contributed by atoms with Crippen molar-refractivity contribution in [2.45, 2.75) is 18.7 Å². The zero-order chi connectivity index (χ0) is 15.1. The zero-order valence-corrected chi connectivity index (χ0v) is 12.1. The van der Waals surface area contributed by atoms with Crippen LogP contribution in [0.3, 0.4) is 0 Å². The summed E-state index contributed by atoms with van der Waals surface area (Å²) in [5, 5.41) is 18.0. The molecule has 0 aliphatic carbocycles. The summed E-state index contributed by atoms with van der Waals surface area (Å²) in [6.07, 6.45) is 0. The molecule has 1 aromatic rings. The van der Waals surface area contributed by atoms with Crippen molar-refractivity contribution in [3.63, 3.8) is 0 Å². The van der Waals surface area contributed by atoms with Crippen LogP contribution in [0.5, 0.6) is 0 Å². The molecule has 1 heterocycles. The summed E-state index contributed by atoms with van der Waals surface area (Å²) < 4.78 is 26.1. The van der Waals surface area contributed by atoms with Gasteiger partial charge in [0.25, 0.3) is 0 Å². The monoisotopic (exact) mass is 299 g/mol. The van der Waals surface area contributed by atoms with E-state index in [0.717, 1.165) is 0 Å². The SMILES string of the molecule is Cc1cc(C)c(S(=O)(=O)N2CC(CO)C2)cc1C(=O)O. The molecule has 110 valence electrons. The van der Waals surface area contributed by atoms with Gasteiger partial charge in [-0.05, 0) is 31.0 Å². The third-order valence-electron chi connectivity index (χ3n) is 3.55. The van der Waals surface area contributed by atoms with E-state index in [0.29, 0.717) is 11.1 Å². The third-order valence-corrected chi connectivity index (χ3v) is 5.53. The van der Waals surface area contributed by atoms with Gasteiger partial charge >= 0.3 is 5.97 Å². The van der Waals surface area contributed by atoms with Crippen LogP contribution in [-0.2, 0) is 10.0 Å². The molecule has 0 atom stereocenters. The van der Waals surface area contributed by atoms with Gasteiger partial charge in [-0.15, -0.1) is 0 Å². The van der Waals surface area contributed by atoms with Crippen LogP contribution in [0.15, 0.2) is 17.0 Å². The first kappa shape index (κ1) is 15.0. The van der Waals surface area contributed by atoms with Crippen molar-refractivity contribution >= 4 is 16.0 Å². The Morgan fingerprint density at radius 1 is 1.30 bits per heavy atom. The highest BCUT2D eigenvalue weighted by atomic mass is 32.2. The fourth-order valence-electron chi connectivity index (χ4n) is 2.31. The second-order valence-electron chi connectivity index (χ2n) is 5.11. The zero-order valence-electron chi connectivity index (χ0n) is 11.3. The molecule has 6 nitrogen and oxygen atoms in total. The minimum atomic E-state index is -3.69. The van der Waals surface area contributed by atoms with Gasteiger partial charge in [0, 0.05) is 25.6 Å².